The smallest absolute Gasteiger partial charge is 0.407 e. The Kier molecular flexibility index (Phi) is 12.6. The van der Waals surface area contributed by atoms with E-state index < -0.39 is 11.7 Å². The van der Waals surface area contributed by atoms with Gasteiger partial charge in [0.1, 0.15) is 5.60 Å². The topological polar surface area (TPSA) is 104 Å². The monoisotopic (exact) mass is 525 g/mol. The molecule has 8 nitrogen and oxygen atoms in total. The molecule has 0 heterocycles. The lowest BCUT2D eigenvalue weighted by Gasteiger charge is -2.20. The number of alkyl carbamates (subject to hydrolysis) is 1. The standard InChI is InChI=1S/C18H28ClN5O3.HI/c1-18(2,3)27-17(26)24-12-11-23-16(20-4)22-10-9-21-15(25)13-7-5-6-8-14(13)19;/h5-8H,9-12H2,1-4H3,(H,21,25)(H,24,26)(H2,20,22,23);1H. The molecule has 0 unspecified atom stereocenters. The molecule has 1 rings (SSSR count). The number of aliphatic imine (C=N–C) groups is 1. The molecule has 0 aliphatic carbocycles. The number of carbonyl (C=O) groups is 2. The Labute approximate surface area is 188 Å². The molecule has 0 fully saturated rings. The molecule has 0 atom stereocenters. The van der Waals surface area contributed by atoms with Gasteiger partial charge in [-0.25, -0.2) is 4.79 Å². The van der Waals surface area contributed by atoms with Crippen LogP contribution in [-0.4, -0.2) is 56.8 Å². The lowest BCUT2D eigenvalue weighted by Crippen LogP contribution is -2.44. The van der Waals surface area contributed by atoms with Gasteiger partial charge in [0.2, 0.25) is 0 Å². The van der Waals surface area contributed by atoms with Crippen LogP contribution in [0, 0.1) is 0 Å². The summed E-state index contributed by atoms with van der Waals surface area (Å²) in [5.74, 6) is 0.333. The van der Waals surface area contributed by atoms with Gasteiger partial charge in [-0.05, 0) is 32.9 Å². The molecule has 28 heavy (non-hydrogen) atoms. The van der Waals surface area contributed by atoms with Crippen LogP contribution in [-0.2, 0) is 4.74 Å². The van der Waals surface area contributed by atoms with E-state index in [2.05, 4.69) is 26.3 Å². The molecular formula is C18H29ClIN5O3. The molecule has 0 aromatic heterocycles. The Morgan fingerprint density at radius 1 is 1.00 bits per heavy atom. The third kappa shape index (κ3) is 11.2. The normalized spacial score (nSPS) is 11.1. The lowest BCUT2D eigenvalue weighted by atomic mass is 10.2. The van der Waals surface area contributed by atoms with Gasteiger partial charge in [-0.1, -0.05) is 23.7 Å². The number of hydrogen-bond donors (Lipinski definition) is 4. The number of hydrogen-bond acceptors (Lipinski definition) is 4. The van der Waals surface area contributed by atoms with E-state index in [9.17, 15) is 9.59 Å². The van der Waals surface area contributed by atoms with E-state index in [1.165, 1.54) is 0 Å². The number of guanidine groups is 1. The van der Waals surface area contributed by atoms with Crippen LogP contribution in [0.4, 0.5) is 4.79 Å². The molecule has 0 aliphatic heterocycles. The number of ether oxygens (including phenoxy) is 1. The SMILES string of the molecule is CN=C(NCCNC(=O)OC(C)(C)C)NCCNC(=O)c1ccccc1Cl.I. The molecule has 2 amide bonds. The Hall–Kier alpha value is -1.75. The highest BCUT2D eigenvalue weighted by molar-refractivity contribution is 14.0. The second-order valence-corrected chi connectivity index (χ2v) is 7.00. The summed E-state index contributed by atoms with van der Waals surface area (Å²) >= 11 is 5.99. The van der Waals surface area contributed by atoms with Gasteiger partial charge in [-0.3, -0.25) is 9.79 Å². The molecule has 158 valence electrons. The number of rotatable bonds is 7. The zero-order valence-corrected chi connectivity index (χ0v) is 19.7. The molecule has 0 saturated heterocycles. The van der Waals surface area contributed by atoms with Crippen molar-refractivity contribution in [3.63, 3.8) is 0 Å². The molecule has 0 bridgehead atoms. The second kappa shape index (κ2) is 13.4. The van der Waals surface area contributed by atoms with Crippen LogP contribution in [0.1, 0.15) is 31.1 Å². The van der Waals surface area contributed by atoms with Gasteiger partial charge >= 0.3 is 6.09 Å². The van der Waals surface area contributed by atoms with E-state index in [1.54, 1.807) is 52.1 Å². The summed E-state index contributed by atoms with van der Waals surface area (Å²) in [6.45, 7) is 7.17. The fourth-order valence-corrected chi connectivity index (χ4v) is 2.20. The van der Waals surface area contributed by atoms with Crippen LogP contribution in [0.25, 0.3) is 0 Å². The Balaban J connectivity index is 0.00000729. The maximum atomic E-state index is 12.0. The van der Waals surface area contributed by atoms with Crippen LogP contribution in [0.3, 0.4) is 0 Å². The van der Waals surface area contributed by atoms with E-state index in [1.807, 2.05) is 0 Å². The predicted molar refractivity (Wildman–Crippen MR) is 123 cm³/mol. The largest absolute Gasteiger partial charge is 0.444 e. The summed E-state index contributed by atoms with van der Waals surface area (Å²) < 4.78 is 5.14. The molecule has 0 radical (unpaired) electrons. The third-order valence-corrected chi connectivity index (χ3v) is 3.46. The molecule has 0 aliphatic rings. The fraction of sp³-hybridized carbons (Fsp3) is 0.500. The quantitative estimate of drug-likeness (QED) is 0.189. The van der Waals surface area contributed by atoms with Crippen molar-refractivity contribution in [3.8, 4) is 0 Å². The van der Waals surface area contributed by atoms with Crippen LogP contribution in [0.15, 0.2) is 29.3 Å². The van der Waals surface area contributed by atoms with Gasteiger partial charge in [-0.2, -0.15) is 0 Å². The molecule has 4 N–H and O–H groups in total. The first-order chi connectivity index (χ1) is 12.7. The number of nitrogens with zero attached hydrogens (tertiary/aromatic N) is 1. The van der Waals surface area contributed by atoms with Crippen LogP contribution in [0.5, 0.6) is 0 Å². The highest BCUT2D eigenvalue weighted by Gasteiger charge is 2.15. The number of amides is 2. The van der Waals surface area contributed by atoms with Crippen LogP contribution < -0.4 is 21.3 Å². The molecule has 1 aromatic rings. The van der Waals surface area contributed by atoms with Crippen molar-refractivity contribution in [2.24, 2.45) is 4.99 Å². The van der Waals surface area contributed by atoms with Crippen LogP contribution >= 0.6 is 35.6 Å². The van der Waals surface area contributed by atoms with E-state index in [0.29, 0.717) is 42.7 Å². The van der Waals surface area contributed by atoms with E-state index >= 15 is 0 Å². The summed E-state index contributed by atoms with van der Waals surface area (Å²) in [6, 6.07) is 6.87. The number of carbonyl (C=O) groups excluding carboxylic acids is 2. The average molecular weight is 526 g/mol. The Morgan fingerprint density at radius 3 is 2.07 bits per heavy atom. The first-order valence-corrected chi connectivity index (χ1v) is 9.05. The van der Waals surface area contributed by atoms with Crippen molar-refractivity contribution in [3.05, 3.63) is 34.9 Å². The third-order valence-electron chi connectivity index (χ3n) is 3.13. The summed E-state index contributed by atoms with van der Waals surface area (Å²) in [4.78, 5) is 27.6. The van der Waals surface area contributed by atoms with Crippen molar-refractivity contribution in [1.29, 1.82) is 0 Å². The zero-order valence-electron chi connectivity index (χ0n) is 16.6. The summed E-state index contributed by atoms with van der Waals surface area (Å²) in [5.41, 5.74) is -0.0846. The number of benzene rings is 1. The zero-order chi connectivity index (χ0) is 20.3. The molecule has 0 spiro atoms. The first kappa shape index (κ1) is 26.2. The van der Waals surface area contributed by atoms with Crippen molar-refractivity contribution in [1.82, 2.24) is 21.3 Å². The van der Waals surface area contributed by atoms with Gasteiger partial charge in [0, 0.05) is 33.2 Å². The maximum absolute atomic E-state index is 12.0. The molecule has 1 aromatic carbocycles. The highest BCUT2D eigenvalue weighted by Crippen LogP contribution is 2.14. The van der Waals surface area contributed by atoms with Gasteiger partial charge in [0.25, 0.3) is 5.91 Å². The minimum Gasteiger partial charge on any atom is -0.444 e. The van der Waals surface area contributed by atoms with Gasteiger partial charge in [0.05, 0.1) is 10.6 Å². The van der Waals surface area contributed by atoms with Crippen molar-refractivity contribution in [2.75, 3.05) is 33.2 Å². The summed E-state index contributed by atoms with van der Waals surface area (Å²) in [5, 5.41) is 12.0. The summed E-state index contributed by atoms with van der Waals surface area (Å²) in [6.07, 6.45) is -0.463. The average Bonchev–Trinajstić information content (AvgIpc) is 2.59. The van der Waals surface area contributed by atoms with Gasteiger partial charge in [0.15, 0.2) is 5.96 Å². The lowest BCUT2D eigenvalue weighted by molar-refractivity contribution is 0.0528. The molecule has 10 heteroatoms. The van der Waals surface area contributed by atoms with E-state index in [0.717, 1.165) is 0 Å². The Bertz CT molecular complexity index is 665. The number of halogens is 2. The van der Waals surface area contributed by atoms with Crippen molar-refractivity contribution in [2.45, 2.75) is 26.4 Å². The first-order valence-electron chi connectivity index (χ1n) is 8.67. The second-order valence-electron chi connectivity index (χ2n) is 6.59. The molecule has 0 saturated carbocycles. The minimum absolute atomic E-state index is 0. The predicted octanol–water partition coefficient (Wildman–Crippen LogP) is 2.38. The van der Waals surface area contributed by atoms with Crippen LogP contribution in [0.2, 0.25) is 5.02 Å². The maximum Gasteiger partial charge on any atom is 0.407 e. The fourth-order valence-electron chi connectivity index (χ4n) is 1.98. The van der Waals surface area contributed by atoms with Gasteiger partial charge < -0.3 is 26.0 Å². The van der Waals surface area contributed by atoms with Gasteiger partial charge in [-0.15, -0.1) is 24.0 Å². The van der Waals surface area contributed by atoms with Crippen molar-refractivity contribution >= 4 is 53.5 Å². The minimum atomic E-state index is -0.524. The number of nitrogens with one attached hydrogen (secondary N) is 4. The Morgan fingerprint density at radius 2 is 1.54 bits per heavy atom. The summed E-state index contributed by atoms with van der Waals surface area (Å²) in [7, 11) is 1.64. The van der Waals surface area contributed by atoms with Crippen molar-refractivity contribution < 1.29 is 14.3 Å². The molecular weight excluding hydrogens is 497 g/mol. The van der Waals surface area contributed by atoms with E-state index in [-0.39, 0.29) is 29.9 Å². The van der Waals surface area contributed by atoms with E-state index in [4.69, 9.17) is 16.3 Å². The highest BCUT2D eigenvalue weighted by atomic mass is 127.